The van der Waals surface area contributed by atoms with E-state index in [0.717, 1.165) is 45.1 Å². The zero-order valence-corrected chi connectivity index (χ0v) is 19.1. The van der Waals surface area contributed by atoms with Gasteiger partial charge in [0.15, 0.2) is 0 Å². The van der Waals surface area contributed by atoms with Gasteiger partial charge in [0, 0.05) is 19.4 Å². The highest BCUT2D eigenvalue weighted by Gasteiger charge is 2.00. The molecule has 0 fully saturated rings. The van der Waals surface area contributed by atoms with E-state index in [1.54, 1.807) is 0 Å². The molecular formula is C23H49NO3. The summed E-state index contributed by atoms with van der Waals surface area (Å²) in [5.41, 5.74) is 0. The van der Waals surface area contributed by atoms with E-state index < -0.39 is 5.97 Å². The van der Waals surface area contributed by atoms with Crippen molar-refractivity contribution >= 4 is 11.9 Å². The average Bonchev–Trinajstić information content (AvgIpc) is 2.69. The van der Waals surface area contributed by atoms with E-state index in [1.165, 1.54) is 44.9 Å². The van der Waals surface area contributed by atoms with E-state index in [2.05, 4.69) is 12.2 Å². The maximum absolute atomic E-state index is 11.6. The van der Waals surface area contributed by atoms with Crippen molar-refractivity contribution in [1.82, 2.24) is 5.32 Å². The van der Waals surface area contributed by atoms with Gasteiger partial charge in [0.1, 0.15) is 0 Å². The van der Waals surface area contributed by atoms with Gasteiger partial charge in [0.05, 0.1) is 0 Å². The van der Waals surface area contributed by atoms with Crippen LogP contribution in [-0.2, 0) is 9.59 Å². The molecule has 1 amide bonds. The van der Waals surface area contributed by atoms with E-state index in [9.17, 15) is 9.59 Å². The highest BCUT2D eigenvalue weighted by Crippen LogP contribution is 2.12. The van der Waals surface area contributed by atoms with Crippen molar-refractivity contribution in [2.75, 3.05) is 6.54 Å². The van der Waals surface area contributed by atoms with Gasteiger partial charge >= 0.3 is 5.97 Å². The summed E-state index contributed by atoms with van der Waals surface area (Å²) in [5, 5.41) is 11.5. The quantitative estimate of drug-likeness (QED) is 0.261. The summed E-state index contributed by atoms with van der Waals surface area (Å²) in [5.74, 6) is -0.470. The van der Waals surface area contributed by atoms with Crippen LogP contribution in [-0.4, -0.2) is 23.5 Å². The largest absolute Gasteiger partial charge is 0.481 e. The molecule has 0 aromatic heterocycles. The lowest BCUT2D eigenvalue weighted by molar-refractivity contribution is -0.137. The Morgan fingerprint density at radius 1 is 0.630 bits per heavy atom. The first-order valence-electron chi connectivity index (χ1n) is 11.6. The average molecular weight is 388 g/mol. The van der Waals surface area contributed by atoms with Gasteiger partial charge in [-0.3, -0.25) is 9.59 Å². The molecule has 0 atom stereocenters. The number of nitrogens with one attached hydrogen (secondary N) is 1. The van der Waals surface area contributed by atoms with Crippen LogP contribution in [0.15, 0.2) is 0 Å². The van der Waals surface area contributed by atoms with Crippen LogP contribution in [0.4, 0.5) is 0 Å². The summed E-state index contributed by atoms with van der Waals surface area (Å²) in [6.45, 7) is 11.0. The third-order valence-electron chi connectivity index (χ3n) is 4.15. The van der Waals surface area contributed by atoms with Crippen molar-refractivity contribution in [2.24, 2.45) is 0 Å². The fourth-order valence-electron chi connectivity index (χ4n) is 2.67. The van der Waals surface area contributed by atoms with Crippen LogP contribution in [0.3, 0.4) is 0 Å². The fourth-order valence-corrected chi connectivity index (χ4v) is 2.67. The molecule has 2 N–H and O–H groups in total. The summed E-state index contributed by atoms with van der Waals surface area (Å²) >= 11 is 0. The number of rotatable bonds is 17. The van der Waals surface area contributed by atoms with Crippen molar-refractivity contribution in [3.63, 3.8) is 0 Å². The van der Waals surface area contributed by atoms with Crippen LogP contribution in [0.1, 0.15) is 131 Å². The molecule has 164 valence electrons. The second-order valence-electron chi connectivity index (χ2n) is 6.49. The lowest BCUT2D eigenvalue weighted by Gasteiger charge is -2.05. The number of hydrogen-bond acceptors (Lipinski definition) is 2. The fraction of sp³-hybridized carbons (Fsp3) is 0.913. The Morgan fingerprint density at radius 2 is 1.04 bits per heavy atom. The predicted octanol–water partition coefficient (Wildman–Crippen LogP) is 7.11. The first-order chi connectivity index (χ1) is 13.2. The molecule has 4 nitrogen and oxygen atoms in total. The second kappa shape index (κ2) is 29.7. The molecule has 27 heavy (non-hydrogen) atoms. The lowest BCUT2D eigenvalue weighted by Crippen LogP contribution is -2.23. The maximum atomic E-state index is 11.6. The molecule has 0 aliphatic heterocycles. The van der Waals surface area contributed by atoms with Gasteiger partial charge in [-0.25, -0.2) is 0 Å². The number of amides is 1. The molecule has 0 heterocycles. The van der Waals surface area contributed by atoms with E-state index in [1.807, 2.05) is 27.7 Å². The van der Waals surface area contributed by atoms with Crippen LogP contribution in [0.5, 0.6) is 0 Å². The molecule has 0 bridgehead atoms. The second-order valence-corrected chi connectivity index (χ2v) is 6.49. The standard InChI is InChI=1S/C19H37NO3.2C2H6/c1-2-3-14-17-20-18(21)15-12-10-8-6-4-5-7-9-11-13-16-19(22)23;2*1-2/h2-17H2,1H3,(H,20,21)(H,22,23);2*1-2H3. The maximum Gasteiger partial charge on any atom is 0.303 e. The minimum Gasteiger partial charge on any atom is -0.481 e. The summed E-state index contributed by atoms with van der Waals surface area (Å²) in [4.78, 5) is 21.9. The van der Waals surface area contributed by atoms with Gasteiger partial charge in [0.25, 0.3) is 0 Å². The van der Waals surface area contributed by atoms with E-state index in [-0.39, 0.29) is 5.91 Å². The Morgan fingerprint density at radius 3 is 1.44 bits per heavy atom. The topological polar surface area (TPSA) is 66.4 Å². The van der Waals surface area contributed by atoms with E-state index in [0.29, 0.717) is 12.8 Å². The zero-order valence-electron chi connectivity index (χ0n) is 19.1. The molecule has 4 heteroatoms. The summed E-state index contributed by atoms with van der Waals surface area (Å²) < 4.78 is 0. The van der Waals surface area contributed by atoms with Gasteiger partial charge in [-0.2, -0.15) is 0 Å². The molecule has 0 aliphatic carbocycles. The van der Waals surface area contributed by atoms with Crippen molar-refractivity contribution < 1.29 is 14.7 Å². The van der Waals surface area contributed by atoms with Crippen LogP contribution in [0.25, 0.3) is 0 Å². The van der Waals surface area contributed by atoms with Crippen molar-refractivity contribution in [2.45, 2.75) is 131 Å². The molecule has 0 spiro atoms. The van der Waals surface area contributed by atoms with Gasteiger partial charge in [0.2, 0.25) is 5.91 Å². The SMILES string of the molecule is CC.CC.CCCCCNC(=O)CCCCCCCCCCCCC(=O)O. The van der Waals surface area contributed by atoms with Crippen molar-refractivity contribution in [3.8, 4) is 0 Å². The summed E-state index contributed by atoms with van der Waals surface area (Å²) in [6.07, 6.45) is 15.9. The zero-order chi connectivity index (χ0) is 21.2. The van der Waals surface area contributed by atoms with E-state index >= 15 is 0 Å². The minimum atomic E-state index is -0.681. The van der Waals surface area contributed by atoms with Crippen molar-refractivity contribution in [1.29, 1.82) is 0 Å². The number of carbonyl (C=O) groups is 2. The predicted molar refractivity (Wildman–Crippen MR) is 118 cm³/mol. The lowest BCUT2D eigenvalue weighted by atomic mass is 10.1. The molecule has 0 aromatic carbocycles. The molecule has 0 saturated heterocycles. The number of carbonyl (C=O) groups excluding carboxylic acids is 1. The van der Waals surface area contributed by atoms with Crippen LogP contribution >= 0.6 is 0 Å². The molecule has 0 radical (unpaired) electrons. The Labute approximate surface area is 169 Å². The summed E-state index contributed by atoms with van der Waals surface area (Å²) in [6, 6.07) is 0. The number of unbranched alkanes of at least 4 members (excludes halogenated alkanes) is 11. The molecular weight excluding hydrogens is 338 g/mol. The Balaban J connectivity index is -0.00000134. The first kappa shape index (κ1) is 30.7. The Hall–Kier alpha value is -1.06. The number of hydrogen-bond donors (Lipinski definition) is 2. The highest BCUT2D eigenvalue weighted by atomic mass is 16.4. The number of carboxylic acid groups (broad SMARTS) is 1. The number of aliphatic carboxylic acids is 1. The van der Waals surface area contributed by atoms with Crippen LogP contribution in [0, 0.1) is 0 Å². The minimum absolute atomic E-state index is 0.211. The van der Waals surface area contributed by atoms with Gasteiger partial charge in [-0.05, 0) is 19.3 Å². The van der Waals surface area contributed by atoms with Crippen LogP contribution < -0.4 is 5.32 Å². The number of carboxylic acids is 1. The molecule has 0 rings (SSSR count). The molecule has 0 aromatic rings. The summed E-state index contributed by atoms with van der Waals surface area (Å²) in [7, 11) is 0. The molecule has 0 saturated carbocycles. The van der Waals surface area contributed by atoms with E-state index in [4.69, 9.17) is 5.11 Å². The third-order valence-corrected chi connectivity index (χ3v) is 4.15. The monoisotopic (exact) mass is 387 g/mol. The highest BCUT2D eigenvalue weighted by molar-refractivity contribution is 5.75. The normalized spacial score (nSPS) is 9.52. The Kier molecular flexibility index (Phi) is 33.7. The van der Waals surface area contributed by atoms with Crippen molar-refractivity contribution in [3.05, 3.63) is 0 Å². The van der Waals surface area contributed by atoms with Gasteiger partial charge in [-0.1, -0.05) is 98.8 Å². The molecule has 0 unspecified atom stereocenters. The first-order valence-corrected chi connectivity index (χ1v) is 11.6. The van der Waals surface area contributed by atoms with Gasteiger partial charge in [-0.15, -0.1) is 0 Å². The molecule has 0 aliphatic rings. The van der Waals surface area contributed by atoms with Gasteiger partial charge < -0.3 is 10.4 Å². The smallest absolute Gasteiger partial charge is 0.303 e. The Bertz CT molecular complexity index is 293. The van der Waals surface area contributed by atoms with Crippen LogP contribution in [0.2, 0.25) is 0 Å². The third kappa shape index (κ3) is 33.0.